The first-order valence-electron chi connectivity index (χ1n) is 8.98. The van der Waals surface area contributed by atoms with E-state index in [1.807, 2.05) is 32.0 Å². The minimum atomic E-state index is -0.315. The molecule has 1 aliphatic heterocycles. The van der Waals surface area contributed by atoms with Crippen LogP contribution in [0.2, 0.25) is 0 Å². The Hall–Kier alpha value is -3.01. The lowest BCUT2D eigenvalue weighted by molar-refractivity contribution is -0.127. The van der Waals surface area contributed by atoms with E-state index in [4.69, 9.17) is 14.7 Å². The molecule has 2 amide bonds. The minimum absolute atomic E-state index is 0.00463. The largest absolute Gasteiger partial charge is 0.479 e. The Morgan fingerprint density at radius 1 is 1.15 bits per heavy atom. The van der Waals surface area contributed by atoms with Gasteiger partial charge < -0.3 is 19.3 Å². The van der Waals surface area contributed by atoms with E-state index in [0.29, 0.717) is 44.5 Å². The van der Waals surface area contributed by atoms with Crippen molar-refractivity contribution in [2.45, 2.75) is 13.8 Å². The van der Waals surface area contributed by atoms with E-state index in [2.05, 4.69) is 0 Å². The number of rotatable bonds is 6. The van der Waals surface area contributed by atoms with Crippen LogP contribution in [0.5, 0.6) is 5.75 Å². The third kappa shape index (κ3) is 6.66. The summed E-state index contributed by atoms with van der Waals surface area (Å²) >= 11 is 0. The van der Waals surface area contributed by atoms with E-state index in [1.165, 1.54) is 6.08 Å². The highest BCUT2D eigenvalue weighted by atomic mass is 16.6. The van der Waals surface area contributed by atoms with Crippen LogP contribution >= 0.6 is 0 Å². The van der Waals surface area contributed by atoms with E-state index in [1.54, 1.807) is 28.0 Å². The van der Waals surface area contributed by atoms with Gasteiger partial charge in [0.25, 0.3) is 0 Å². The predicted octanol–water partition coefficient (Wildman–Crippen LogP) is 2.54. The second kappa shape index (κ2) is 10.2. The van der Waals surface area contributed by atoms with Crippen LogP contribution in [-0.2, 0) is 9.53 Å². The van der Waals surface area contributed by atoms with Gasteiger partial charge in [-0.2, -0.15) is 5.26 Å². The number of ether oxygens (including phenoxy) is 2. The second-order valence-corrected chi connectivity index (χ2v) is 6.63. The second-order valence-electron chi connectivity index (χ2n) is 6.63. The van der Waals surface area contributed by atoms with Gasteiger partial charge >= 0.3 is 6.09 Å². The quantitative estimate of drug-likeness (QED) is 0.718. The lowest BCUT2D eigenvalue weighted by atomic mass is 10.2. The van der Waals surface area contributed by atoms with Crippen LogP contribution in [0.4, 0.5) is 4.79 Å². The number of nitriles is 1. The van der Waals surface area contributed by atoms with E-state index in [-0.39, 0.29) is 18.6 Å². The van der Waals surface area contributed by atoms with Crippen LogP contribution in [0.25, 0.3) is 6.08 Å². The summed E-state index contributed by atoms with van der Waals surface area (Å²) in [5.41, 5.74) is 0.864. The summed E-state index contributed by atoms with van der Waals surface area (Å²) < 4.78 is 10.4. The Kier molecular flexibility index (Phi) is 7.68. The lowest BCUT2D eigenvalue weighted by Crippen LogP contribution is -2.50. The molecule has 0 spiro atoms. The number of benzene rings is 1. The van der Waals surface area contributed by atoms with Crippen molar-refractivity contribution in [3.05, 3.63) is 35.9 Å². The molecule has 7 nitrogen and oxygen atoms in total. The Morgan fingerprint density at radius 3 is 2.37 bits per heavy atom. The first-order valence-corrected chi connectivity index (χ1v) is 8.98. The van der Waals surface area contributed by atoms with Gasteiger partial charge in [-0.05, 0) is 29.7 Å². The number of amides is 2. The van der Waals surface area contributed by atoms with Gasteiger partial charge in [0, 0.05) is 32.3 Å². The van der Waals surface area contributed by atoms with Gasteiger partial charge in [-0.25, -0.2) is 4.79 Å². The zero-order chi connectivity index (χ0) is 19.6. The molecule has 0 saturated carbocycles. The summed E-state index contributed by atoms with van der Waals surface area (Å²) in [5, 5.41) is 8.49. The fourth-order valence-electron chi connectivity index (χ4n) is 2.50. The SMILES string of the molecule is CC(C)COC(=O)N1CCN(C(=O)/C=C/c2ccc(OCC#N)cc2)CC1. The number of hydrogen-bond acceptors (Lipinski definition) is 5. The van der Waals surface area contributed by atoms with Crippen molar-refractivity contribution in [1.29, 1.82) is 5.26 Å². The third-order valence-corrected chi connectivity index (χ3v) is 3.99. The van der Waals surface area contributed by atoms with Crippen LogP contribution in [0.15, 0.2) is 30.3 Å². The monoisotopic (exact) mass is 371 g/mol. The van der Waals surface area contributed by atoms with Crippen molar-refractivity contribution in [2.24, 2.45) is 5.92 Å². The van der Waals surface area contributed by atoms with Crippen LogP contribution in [0.1, 0.15) is 19.4 Å². The molecule has 27 heavy (non-hydrogen) atoms. The highest BCUT2D eigenvalue weighted by molar-refractivity contribution is 5.92. The fraction of sp³-hybridized carbons (Fsp3) is 0.450. The molecule has 0 aromatic heterocycles. The average Bonchev–Trinajstić information content (AvgIpc) is 2.69. The van der Waals surface area contributed by atoms with Gasteiger partial charge in [0.05, 0.1) is 6.61 Å². The minimum Gasteiger partial charge on any atom is -0.479 e. The van der Waals surface area contributed by atoms with Crippen molar-refractivity contribution >= 4 is 18.1 Å². The van der Waals surface area contributed by atoms with Gasteiger partial charge in [-0.15, -0.1) is 0 Å². The molecule has 1 saturated heterocycles. The van der Waals surface area contributed by atoms with E-state index in [9.17, 15) is 9.59 Å². The Bertz CT molecular complexity index is 699. The summed E-state index contributed by atoms with van der Waals surface area (Å²) in [6.07, 6.45) is 2.95. The van der Waals surface area contributed by atoms with E-state index in [0.717, 1.165) is 5.56 Å². The summed E-state index contributed by atoms with van der Waals surface area (Å²) in [5.74, 6) is 0.824. The summed E-state index contributed by atoms with van der Waals surface area (Å²) in [6, 6.07) is 9.05. The maximum atomic E-state index is 12.3. The van der Waals surface area contributed by atoms with Crippen molar-refractivity contribution in [2.75, 3.05) is 39.4 Å². The molecule has 0 unspecified atom stereocenters. The number of nitrogens with zero attached hydrogens (tertiary/aromatic N) is 3. The van der Waals surface area contributed by atoms with E-state index >= 15 is 0 Å². The standard InChI is InChI=1S/C20H25N3O4/c1-16(2)15-27-20(25)23-12-10-22(11-13-23)19(24)8-5-17-3-6-18(7-4-17)26-14-9-21/h3-8,16H,10-15H2,1-2H3/b8-5+. The molecule has 7 heteroatoms. The zero-order valence-corrected chi connectivity index (χ0v) is 15.8. The summed E-state index contributed by atoms with van der Waals surface area (Å²) in [4.78, 5) is 27.6. The number of hydrogen-bond donors (Lipinski definition) is 0. The molecule has 0 atom stereocenters. The highest BCUT2D eigenvalue weighted by Gasteiger charge is 2.24. The smallest absolute Gasteiger partial charge is 0.409 e. The normalized spacial score (nSPS) is 14.3. The number of carbonyl (C=O) groups is 2. The van der Waals surface area contributed by atoms with Gasteiger partial charge in [0.15, 0.2) is 6.61 Å². The molecule has 0 N–H and O–H groups in total. The molecule has 1 aromatic carbocycles. The van der Waals surface area contributed by atoms with Gasteiger partial charge in [0.1, 0.15) is 11.8 Å². The molecule has 1 aliphatic rings. The Balaban J connectivity index is 1.79. The molecule has 2 rings (SSSR count). The fourth-order valence-corrected chi connectivity index (χ4v) is 2.50. The van der Waals surface area contributed by atoms with Crippen LogP contribution in [0.3, 0.4) is 0 Å². The summed E-state index contributed by atoms with van der Waals surface area (Å²) in [6.45, 7) is 6.31. The summed E-state index contributed by atoms with van der Waals surface area (Å²) in [7, 11) is 0. The molecule has 144 valence electrons. The first-order chi connectivity index (χ1) is 13.0. The predicted molar refractivity (Wildman–Crippen MR) is 101 cm³/mol. The third-order valence-electron chi connectivity index (χ3n) is 3.99. The number of piperazine rings is 1. The molecule has 0 aliphatic carbocycles. The Morgan fingerprint density at radius 2 is 1.78 bits per heavy atom. The van der Waals surface area contributed by atoms with Crippen LogP contribution in [-0.4, -0.2) is 61.2 Å². The number of carbonyl (C=O) groups excluding carboxylic acids is 2. The van der Waals surface area contributed by atoms with Crippen LogP contribution < -0.4 is 4.74 Å². The average molecular weight is 371 g/mol. The first kappa shape index (κ1) is 20.3. The molecule has 0 bridgehead atoms. The maximum absolute atomic E-state index is 12.3. The van der Waals surface area contributed by atoms with E-state index < -0.39 is 0 Å². The van der Waals surface area contributed by atoms with Gasteiger partial charge in [-0.1, -0.05) is 26.0 Å². The zero-order valence-electron chi connectivity index (χ0n) is 15.8. The van der Waals surface area contributed by atoms with Crippen molar-refractivity contribution in [1.82, 2.24) is 9.80 Å². The maximum Gasteiger partial charge on any atom is 0.409 e. The molecular weight excluding hydrogens is 346 g/mol. The van der Waals surface area contributed by atoms with Crippen LogP contribution in [0, 0.1) is 17.2 Å². The van der Waals surface area contributed by atoms with Gasteiger partial charge in [-0.3, -0.25) is 4.79 Å². The molecule has 0 radical (unpaired) electrons. The highest BCUT2D eigenvalue weighted by Crippen LogP contribution is 2.13. The molecule has 1 heterocycles. The molecular formula is C20H25N3O4. The van der Waals surface area contributed by atoms with Gasteiger partial charge in [0.2, 0.25) is 5.91 Å². The van der Waals surface area contributed by atoms with Crippen molar-refractivity contribution in [3.63, 3.8) is 0 Å². The van der Waals surface area contributed by atoms with Crippen molar-refractivity contribution < 1.29 is 19.1 Å². The molecule has 1 fully saturated rings. The Labute approximate surface area is 159 Å². The lowest BCUT2D eigenvalue weighted by Gasteiger charge is -2.33. The van der Waals surface area contributed by atoms with Crippen molar-refractivity contribution in [3.8, 4) is 11.8 Å². The molecule has 1 aromatic rings. The topological polar surface area (TPSA) is 82.9 Å².